The number of methoxy groups -OCH3 is 2. The highest BCUT2D eigenvalue weighted by Gasteiger charge is 2.47. The monoisotopic (exact) mass is 403 g/mol. The van der Waals surface area contributed by atoms with Crippen LogP contribution in [0.3, 0.4) is 0 Å². The van der Waals surface area contributed by atoms with Gasteiger partial charge in [0.15, 0.2) is 0 Å². The average molecular weight is 404 g/mol. The molecule has 0 saturated heterocycles. The van der Waals surface area contributed by atoms with Crippen molar-refractivity contribution in [1.29, 1.82) is 0 Å². The summed E-state index contributed by atoms with van der Waals surface area (Å²) in [5, 5.41) is 0. The van der Waals surface area contributed by atoms with E-state index in [0.717, 1.165) is 33.9 Å². The Morgan fingerprint density at radius 1 is 0.800 bits per heavy atom. The van der Waals surface area contributed by atoms with Crippen molar-refractivity contribution in [1.82, 2.24) is 0 Å². The van der Waals surface area contributed by atoms with E-state index in [9.17, 15) is 0 Å². The molecule has 2 aromatic carbocycles. The molecule has 1 aliphatic rings. The molecular formula is C27H33NO2. The lowest BCUT2D eigenvalue weighted by molar-refractivity contribution is 0.284. The summed E-state index contributed by atoms with van der Waals surface area (Å²) in [4.78, 5) is 5.11. The SMILES string of the molecule is COc1ccc(C(=C=C2C(C(C)C)=NC(C)(C)C2(C)C)c2ccc(OC)cc2)cc1. The van der Waals surface area contributed by atoms with Crippen molar-refractivity contribution in [2.45, 2.75) is 47.1 Å². The van der Waals surface area contributed by atoms with Crippen LogP contribution in [0.15, 0.2) is 64.8 Å². The second-order valence-corrected chi connectivity index (χ2v) is 9.17. The Kier molecular flexibility index (Phi) is 5.97. The van der Waals surface area contributed by atoms with E-state index in [1.54, 1.807) is 14.2 Å². The molecule has 3 rings (SSSR count). The van der Waals surface area contributed by atoms with E-state index < -0.39 is 0 Å². The van der Waals surface area contributed by atoms with Crippen molar-refractivity contribution in [3.8, 4) is 11.5 Å². The molecule has 30 heavy (non-hydrogen) atoms. The molecule has 0 aromatic heterocycles. The van der Waals surface area contributed by atoms with Crippen molar-refractivity contribution in [2.24, 2.45) is 16.3 Å². The Morgan fingerprint density at radius 3 is 1.60 bits per heavy atom. The molecular weight excluding hydrogens is 370 g/mol. The lowest BCUT2D eigenvalue weighted by atomic mass is 9.70. The summed E-state index contributed by atoms with van der Waals surface area (Å²) in [5.41, 5.74) is 9.08. The molecule has 3 heteroatoms. The lowest BCUT2D eigenvalue weighted by Gasteiger charge is -2.33. The summed E-state index contributed by atoms with van der Waals surface area (Å²) >= 11 is 0. The smallest absolute Gasteiger partial charge is 0.118 e. The molecule has 1 heterocycles. The molecule has 0 aliphatic carbocycles. The van der Waals surface area contributed by atoms with E-state index in [0.29, 0.717) is 5.92 Å². The minimum Gasteiger partial charge on any atom is -0.497 e. The largest absolute Gasteiger partial charge is 0.497 e. The van der Waals surface area contributed by atoms with Gasteiger partial charge in [-0.15, -0.1) is 5.73 Å². The van der Waals surface area contributed by atoms with Gasteiger partial charge in [0, 0.05) is 22.3 Å². The number of benzene rings is 2. The number of rotatable bonds is 5. The minimum atomic E-state index is -0.181. The summed E-state index contributed by atoms with van der Waals surface area (Å²) in [7, 11) is 3.37. The number of hydrogen-bond acceptors (Lipinski definition) is 3. The van der Waals surface area contributed by atoms with Crippen molar-refractivity contribution in [3.63, 3.8) is 0 Å². The van der Waals surface area contributed by atoms with Crippen LogP contribution >= 0.6 is 0 Å². The summed E-state index contributed by atoms with van der Waals surface area (Å²) < 4.78 is 10.7. The average Bonchev–Trinajstić information content (AvgIpc) is 2.91. The number of nitrogens with zero attached hydrogens (tertiary/aromatic N) is 1. The van der Waals surface area contributed by atoms with Crippen molar-refractivity contribution in [2.75, 3.05) is 14.2 Å². The fraction of sp³-hybridized carbons (Fsp3) is 0.407. The van der Waals surface area contributed by atoms with Crippen LogP contribution in [-0.2, 0) is 0 Å². The van der Waals surface area contributed by atoms with Crippen LogP contribution < -0.4 is 9.47 Å². The second-order valence-electron chi connectivity index (χ2n) is 9.17. The normalized spacial score (nSPS) is 16.8. The van der Waals surface area contributed by atoms with Gasteiger partial charge < -0.3 is 9.47 Å². The molecule has 0 N–H and O–H groups in total. The van der Waals surface area contributed by atoms with Gasteiger partial charge in [-0.05, 0) is 55.2 Å². The molecule has 0 spiro atoms. The van der Waals surface area contributed by atoms with E-state index in [1.807, 2.05) is 24.3 Å². The van der Waals surface area contributed by atoms with Crippen LogP contribution in [0.5, 0.6) is 11.5 Å². The predicted molar refractivity (Wildman–Crippen MR) is 126 cm³/mol. The van der Waals surface area contributed by atoms with E-state index in [-0.39, 0.29) is 11.0 Å². The van der Waals surface area contributed by atoms with Crippen molar-refractivity contribution >= 4 is 11.3 Å². The van der Waals surface area contributed by atoms with Crippen LogP contribution in [0.25, 0.3) is 5.57 Å². The topological polar surface area (TPSA) is 30.8 Å². The molecule has 1 aliphatic heterocycles. The fourth-order valence-electron chi connectivity index (χ4n) is 3.71. The lowest BCUT2D eigenvalue weighted by Crippen LogP contribution is -2.34. The third kappa shape index (κ3) is 3.95. The highest BCUT2D eigenvalue weighted by atomic mass is 16.5. The first-order valence-corrected chi connectivity index (χ1v) is 10.5. The molecule has 0 fully saturated rings. The van der Waals surface area contributed by atoms with Gasteiger partial charge in [-0.25, -0.2) is 0 Å². The molecule has 0 unspecified atom stereocenters. The minimum absolute atomic E-state index is 0.128. The third-order valence-electron chi connectivity index (χ3n) is 6.36. The van der Waals surface area contributed by atoms with Gasteiger partial charge in [-0.3, -0.25) is 4.99 Å². The summed E-state index contributed by atoms with van der Waals surface area (Å²) in [6.45, 7) is 13.4. The number of hydrogen-bond donors (Lipinski definition) is 0. The highest BCUT2D eigenvalue weighted by Crippen LogP contribution is 2.48. The molecule has 0 bridgehead atoms. The van der Waals surface area contributed by atoms with E-state index in [2.05, 4.69) is 71.5 Å². The van der Waals surface area contributed by atoms with Gasteiger partial charge in [0.05, 0.1) is 19.8 Å². The fourth-order valence-corrected chi connectivity index (χ4v) is 3.71. The maximum atomic E-state index is 5.36. The Labute approximate surface area is 181 Å². The quantitative estimate of drug-likeness (QED) is 0.528. The molecule has 3 nitrogen and oxygen atoms in total. The number of ether oxygens (including phenoxy) is 2. The van der Waals surface area contributed by atoms with Crippen LogP contribution in [0.1, 0.15) is 52.7 Å². The van der Waals surface area contributed by atoms with Crippen molar-refractivity contribution < 1.29 is 9.47 Å². The molecule has 158 valence electrons. The van der Waals surface area contributed by atoms with E-state index in [4.69, 9.17) is 14.5 Å². The van der Waals surface area contributed by atoms with Crippen LogP contribution in [-0.4, -0.2) is 25.5 Å². The van der Waals surface area contributed by atoms with E-state index in [1.165, 1.54) is 5.57 Å². The van der Waals surface area contributed by atoms with Crippen molar-refractivity contribution in [3.05, 3.63) is 71.0 Å². The molecule has 0 atom stereocenters. The molecule has 0 amide bonds. The van der Waals surface area contributed by atoms with Crippen LogP contribution in [0, 0.1) is 11.3 Å². The van der Waals surface area contributed by atoms with Gasteiger partial charge in [-0.1, -0.05) is 52.0 Å². The summed E-state index contributed by atoms with van der Waals surface area (Å²) in [6.07, 6.45) is 0. The molecule has 2 aromatic rings. The van der Waals surface area contributed by atoms with Crippen LogP contribution in [0.2, 0.25) is 0 Å². The maximum Gasteiger partial charge on any atom is 0.118 e. The van der Waals surface area contributed by atoms with Crippen LogP contribution in [0.4, 0.5) is 0 Å². The Hall–Kier alpha value is -2.77. The Morgan fingerprint density at radius 2 is 1.23 bits per heavy atom. The summed E-state index contributed by atoms with van der Waals surface area (Å²) in [5.74, 6) is 2.01. The first-order chi connectivity index (χ1) is 14.1. The first kappa shape index (κ1) is 21.9. The van der Waals surface area contributed by atoms with Gasteiger partial charge in [0.2, 0.25) is 0 Å². The second kappa shape index (κ2) is 8.16. The highest BCUT2D eigenvalue weighted by molar-refractivity contribution is 6.06. The zero-order valence-electron chi connectivity index (χ0n) is 19.5. The zero-order chi connectivity index (χ0) is 22.1. The Balaban J connectivity index is 2.31. The molecule has 0 radical (unpaired) electrons. The predicted octanol–water partition coefficient (Wildman–Crippen LogP) is 6.58. The Bertz CT molecular complexity index is 950. The molecule has 0 saturated carbocycles. The van der Waals surface area contributed by atoms with Gasteiger partial charge >= 0.3 is 0 Å². The standard InChI is InChI=1S/C27H33NO2/c1-18(2)25-24(26(3,4)27(5,6)28-25)17-23(19-9-13-21(29-7)14-10-19)20-11-15-22(30-8)16-12-20/h9-16,18H,1-8H3. The first-order valence-electron chi connectivity index (χ1n) is 10.5. The number of aliphatic imine (C=N–C) groups is 1. The maximum absolute atomic E-state index is 5.36. The van der Waals surface area contributed by atoms with Gasteiger partial charge in [-0.2, -0.15) is 0 Å². The zero-order valence-corrected chi connectivity index (χ0v) is 19.5. The van der Waals surface area contributed by atoms with Gasteiger partial charge in [0.25, 0.3) is 0 Å². The van der Waals surface area contributed by atoms with E-state index >= 15 is 0 Å². The van der Waals surface area contributed by atoms with Gasteiger partial charge in [0.1, 0.15) is 11.5 Å². The third-order valence-corrected chi connectivity index (χ3v) is 6.36. The summed E-state index contributed by atoms with van der Waals surface area (Å²) in [6, 6.07) is 16.3.